The number of nitrogens with zero attached hydrogens (tertiary/aromatic N) is 1. The van der Waals surface area contributed by atoms with Crippen LogP contribution in [0.4, 0.5) is 5.69 Å². The van der Waals surface area contributed by atoms with Gasteiger partial charge in [0.15, 0.2) is 0 Å². The summed E-state index contributed by atoms with van der Waals surface area (Å²) in [6, 6.07) is 7.43. The van der Waals surface area contributed by atoms with Gasteiger partial charge in [-0.1, -0.05) is 31.2 Å². The third kappa shape index (κ3) is 1.27. The first kappa shape index (κ1) is 12.6. The maximum Gasteiger partial charge on any atom is 0.246 e. The van der Waals surface area contributed by atoms with E-state index < -0.39 is 15.5 Å². The van der Waals surface area contributed by atoms with Crippen LogP contribution in [0, 0.1) is 5.41 Å². The van der Waals surface area contributed by atoms with E-state index in [2.05, 4.69) is 6.58 Å². The van der Waals surface area contributed by atoms with Gasteiger partial charge in [0.25, 0.3) is 0 Å². The number of anilines is 1. The molecule has 1 spiro atoms. The zero-order valence-corrected chi connectivity index (χ0v) is 12.2. The van der Waals surface area contributed by atoms with Crippen LogP contribution >= 0.6 is 0 Å². The topological polar surface area (TPSA) is 37.4 Å². The van der Waals surface area contributed by atoms with Crippen LogP contribution in [0.3, 0.4) is 0 Å². The lowest BCUT2D eigenvalue weighted by Crippen LogP contribution is -2.48. The smallest absolute Gasteiger partial charge is 0.246 e. The van der Waals surface area contributed by atoms with Gasteiger partial charge in [-0.15, -0.1) is 0 Å². The second kappa shape index (κ2) is 3.57. The fourth-order valence-electron chi connectivity index (χ4n) is 3.07. The summed E-state index contributed by atoms with van der Waals surface area (Å²) < 4.78 is 12.1. The van der Waals surface area contributed by atoms with Gasteiger partial charge < -0.3 is 4.90 Å². The van der Waals surface area contributed by atoms with Crippen molar-refractivity contribution in [3.8, 4) is 0 Å². The molecule has 100 valence electrons. The molecule has 1 fully saturated rings. The molecule has 0 unspecified atom stereocenters. The molecule has 0 bridgehead atoms. The predicted octanol–water partition coefficient (Wildman–Crippen LogP) is 2.50. The van der Waals surface area contributed by atoms with Crippen LogP contribution in [0.2, 0.25) is 0 Å². The van der Waals surface area contributed by atoms with Crippen molar-refractivity contribution < 1.29 is 9.00 Å². The van der Waals surface area contributed by atoms with Gasteiger partial charge in [0, 0.05) is 12.5 Å². The van der Waals surface area contributed by atoms with Crippen LogP contribution < -0.4 is 4.90 Å². The fraction of sp³-hybridized carbons (Fsp3) is 0.400. The van der Waals surface area contributed by atoms with Crippen molar-refractivity contribution in [2.24, 2.45) is 5.41 Å². The monoisotopic (exact) mass is 275 g/mol. The molecule has 2 aliphatic rings. The molecule has 3 atom stereocenters. The maximum atomic E-state index is 12.9. The molecule has 1 heterocycles. The summed E-state index contributed by atoms with van der Waals surface area (Å²) in [5, 5.41) is 0. The van der Waals surface area contributed by atoms with Crippen LogP contribution in [-0.4, -0.2) is 21.9 Å². The lowest BCUT2D eigenvalue weighted by molar-refractivity contribution is -0.119. The molecular formula is C15H17NO2S. The van der Waals surface area contributed by atoms with Gasteiger partial charge in [-0.25, -0.2) is 0 Å². The van der Waals surface area contributed by atoms with Crippen molar-refractivity contribution in [3.63, 3.8) is 0 Å². The summed E-state index contributed by atoms with van der Waals surface area (Å²) in [7, 11) is 0.453. The molecule has 1 aromatic carbocycles. The number of benzene rings is 1. The highest BCUT2D eigenvalue weighted by Crippen LogP contribution is 2.67. The molecule has 3 nitrogen and oxygen atoms in total. The summed E-state index contributed by atoms with van der Waals surface area (Å²) in [5.41, 5.74) is 1.34. The van der Waals surface area contributed by atoms with E-state index in [0.717, 1.165) is 16.2 Å². The molecule has 3 rings (SSSR count). The number of hydrogen-bond acceptors (Lipinski definition) is 2. The van der Waals surface area contributed by atoms with Crippen LogP contribution in [0.1, 0.15) is 20.3 Å². The SMILES string of the molecule is C=C(C)[C@]1(C)C[C@@]12C(=O)N(C)c1ccccc1[S@@]2=O. The maximum absolute atomic E-state index is 12.9. The lowest BCUT2D eigenvalue weighted by Gasteiger charge is -2.33. The largest absolute Gasteiger partial charge is 0.313 e. The highest BCUT2D eigenvalue weighted by Gasteiger charge is 2.75. The number of fused-ring (bicyclic) bond motifs is 1. The van der Waals surface area contributed by atoms with E-state index in [9.17, 15) is 9.00 Å². The van der Waals surface area contributed by atoms with Crippen molar-refractivity contribution in [1.29, 1.82) is 0 Å². The molecule has 1 saturated carbocycles. The molecule has 1 amide bonds. The van der Waals surface area contributed by atoms with E-state index in [-0.39, 0.29) is 11.3 Å². The Kier molecular flexibility index (Phi) is 2.37. The number of carbonyl (C=O) groups excluding carboxylic acids is 1. The second-order valence-corrected chi connectivity index (χ2v) is 7.39. The quantitative estimate of drug-likeness (QED) is 0.738. The van der Waals surface area contributed by atoms with Gasteiger partial charge >= 0.3 is 0 Å². The standard InChI is InChI=1S/C15H17NO2S/c1-10(2)14(3)9-15(14)13(17)16(4)11-7-5-6-8-12(11)19(15)18/h5-8H,1,9H2,2-4H3/t14-,15+,19-/m0/s1. The van der Waals surface area contributed by atoms with Crippen LogP contribution in [-0.2, 0) is 15.6 Å². The van der Waals surface area contributed by atoms with E-state index in [1.807, 2.05) is 38.1 Å². The minimum Gasteiger partial charge on any atom is -0.313 e. The van der Waals surface area contributed by atoms with Gasteiger partial charge in [0.2, 0.25) is 5.91 Å². The van der Waals surface area contributed by atoms with E-state index in [0.29, 0.717) is 6.42 Å². The Balaban J connectivity index is 2.20. The molecule has 1 aliphatic carbocycles. The third-order valence-corrected chi connectivity index (χ3v) is 6.85. The Hall–Kier alpha value is -1.42. The first-order valence-electron chi connectivity index (χ1n) is 6.31. The van der Waals surface area contributed by atoms with Crippen molar-refractivity contribution >= 4 is 22.4 Å². The average Bonchev–Trinajstić information content (AvgIpc) is 3.04. The van der Waals surface area contributed by atoms with E-state index in [4.69, 9.17) is 0 Å². The summed E-state index contributed by atoms with van der Waals surface area (Å²) in [6.45, 7) is 7.89. The highest BCUT2D eigenvalue weighted by molar-refractivity contribution is 7.88. The van der Waals surface area contributed by atoms with Crippen molar-refractivity contribution in [3.05, 3.63) is 36.4 Å². The average molecular weight is 275 g/mol. The molecular weight excluding hydrogens is 258 g/mol. The summed E-state index contributed by atoms with van der Waals surface area (Å²) in [4.78, 5) is 15.1. The summed E-state index contributed by atoms with van der Waals surface area (Å²) in [5.74, 6) is -0.0463. The van der Waals surface area contributed by atoms with Crippen molar-refractivity contribution in [1.82, 2.24) is 0 Å². The Morgan fingerprint density at radius 3 is 2.63 bits per heavy atom. The molecule has 1 aromatic rings. The minimum absolute atomic E-state index is 0.0463. The molecule has 0 N–H and O–H groups in total. The second-order valence-electron chi connectivity index (χ2n) is 5.72. The Bertz CT molecular complexity index is 639. The van der Waals surface area contributed by atoms with Gasteiger partial charge in [-0.3, -0.25) is 9.00 Å². The van der Waals surface area contributed by atoms with E-state index in [1.54, 1.807) is 11.9 Å². The molecule has 1 aliphatic heterocycles. The fourth-order valence-corrected chi connectivity index (χ4v) is 5.34. The van der Waals surface area contributed by atoms with Gasteiger partial charge in [-0.2, -0.15) is 0 Å². The molecule has 0 saturated heterocycles. The Morgan fingerprint density at radius 1 is 1.42 bits per heavy atom. The Labute approximate surface area is 115 Å². The van der Waals surface area contributed by atoms with Gasteiger partial charge in [0.1, 0.15) is 4.75 Å². The number of carbonyl (C=O) groups is 1. The lowest BCUT2D eigenvalue weighted by atomic mass is 9.97. The predicted molar refractivity (Wildman–Crippen MR) is 76.5 cm³/mol. The van der Waals surface area contributed by atoms with Crippen LogP contribution in [0.25, 0.3) is 0 Å². The normalized spacial score (nSPS) is 36.3. The van der Waals surface area contributed by atoms with Crippen LogP contribution in [0.15, 0.2) is 41.3 Å². The first-order chi connectivity index (χ1) is 8.86. The molecule has 19 heavy (non-hydrogen) atoms. The van der Waals surface area contributed by atoms with E-state index >= 15 is 0 Å². The highest BCUT2D eigenvalue weighted by atomic mass is 32.2. The Morgan fingerprint density at radius 2 is 2.05 bits per heavy atom. The number of para-hydroxylation sites is 1. The molecule has 4 heteroatoms. The minimum atomic E-state index is -1.31. The van der Waals surface area contributed by atoms with Crippen molar-refractivity contribution in [2.75, 3.05) is 11.9 Å². The molecule has 0 radical (unpaired) electrons. The number of allylic oxidation sites excluding steroid dienone is 1. The number of hydrogen-bond donors (Lipinski definition) is 0. The van der Waals surface area contributed by atoms with Crippen molar-refractivity contribution in [2.45, 2.75) is 29.9 Å². The first-order valence-corrected chi connectivity index (χ1v) is 7.46. The van der Waals surface area contributed by atoms with Gasteiger partial charge in [0.05, 0.1) is 21.4 Å². The summed E-state index contributed by atoms with van der Waals surface area (Å²) in [6.07, 6.45) is 0.624. The zero-order chi connectivity index (χ0) is 14.0. The van der Waals surface area contributed by atoms with Gasteiger partial charge in [-0.05, 0) is 25.5 Å². The number of rotatable bonds is 1. The van der Waals surface area contributed by atoms with E-state index in [1.165, 1.54) is 0 Å². The summed E-state index contributed by atoms with van der Waals surface area (Å²) >= 11 is 0. The zero-order valence-electron chi connectivity index (χ0n) is 11.4. The van der Waals surface area contributed by atoms with Crippen LogP contribution in [0.5, 0.6) is 0 Å². The third-order valence-electron chi connectivity index (χ3n) is 4.70. The molecule has 0 aromatic heterocycles. The number of amides is 1.